The summed E-state index contributed by atoms with van der Waals surface area (Å²) >= 11 is 0. The topological polar surface area (TPSA) is 22.0 Å². The number of aromatic nitrogens is 1. The molecule has 0 radical (unpaired) electrons. The number of nitrogens with zero attached hydrogens (tertiary/aromatic N) is 1. The molecule has 1 aromatic heterocycles. The van der Waals surface area contributed by atoms with Crippen LogP contribution in [-0.4, -0.2) is 4.57 Å². The number of rotatable bonds is 2. The van der Waals surface area contributed by atoms with Gasteiger partial charge in [-0.15, -0.1) is 0 Å². The lowest BCUT2D eigenvalue weighted by atomic mass is 10.1. The van der Waals surface area contributed by atoms with Crippen molar-refractivity contribution in [2.24, 2.45) is 0 Å². The highest BCUT2D eigenvalue weighted by Gasteiger charge is 2.31. The molecule has 0 aliphatic heterocycles. The molecule has 0 saturated carbocycles. The molecule has 0 saturated heterocycles. The Morgan fingerprint density at radius 2 is 1.84 bits per heavy atom. The summed E-state index contributed by atoms with van der Waals surface area (Å²) in [6.07, 6.45) is -2.63. The molecule has 0 spiro atoms. The van der Waals surface area contributed by atoms with E-state index in [1.807, 2.05) is 19.1 Å². The third-order valence-corrected chi connectivity index (χ3v) is 2.88. The van der Waals surface area contributed by atoms with Crippen LogP contribution < -0.4 is 5.56 Å². The summed E-state index contributed by atoms with van der Waals surface area (Å²) in [5, 5.41) is 0. The van der Waals surface area contributed by atoms with Gasteiger partial charge >= 0.3 is 6.18 Å². The molecule has 5 heteroatoms. The van der Waals surface area contributed by atoms with E-state index in [0.717, 1.165) is 11.6 Å². The van der Waals surface area contributed by atoms with Crippen molar-refractivity contribution >= 4 is 0 Å². The van der Waals surface area contributed by atoms with Gasteiger partial charge in [0, 0.05) is 12.3 Å². The maximum Gasteiger partial charge on any atom is 0.416 e. The lowest BCUT2D eigenvalue weighted by Gasteiger charge is -2.12. The lowest BCUT2D eigenvalue weighted by Crippen LogP contribution is -2.21. The average Bonchev–Trinajstić information content (AvgIpc) is 2.37. The molecule has 2 nitrogen and oxygen atoms in total. The molecule has 2 rings (SSSR count). The second-order valence-electron chi connectivity index (χ2n) is 4.10. The van der Waals surface area contributed by atoms with Crippen molar-refractivity contribution in [3.8, 4) is 5.69 Å². The van der Waals surface area contributed by atoms with E-state index in [9.17, 15) is 18.0 Å². The first kappa shape index (κ1) is 13.4. The second-order valence-corrected chi connectivity index (χ2v) is 4.10. The van der Waals surface area contributed by atoms with Crippen molar-refractivity contribution in [1.29, 1.82) is 0 Å². The number of hydrogen-bond donors (Lipinski definition) is 0. The van der Waals surface area contributed by atoms with E-state index in [1.54, 1.807) is 12.1 Å². The van der Waals surface area contributed by atoms with Gasteiger partial charge in [0.1, 0.15) is 0 Å². The number of para-hydroxylation sites is 1. The van der Waals surface area contributed by atoms with Gasteiger partial charge in [-0.3, -0.25) is 9.36 Å². The molecule has 1 heterocycles. The highest BCUT2D eigenvalue weighted by atomic mass is 19.4. The predicted molar refractivity (Wildman–Crippen MR) is 66.4 cm³/mol. The summed E-state index contributed by atoms with van der Waals surface area (Å²) in [6, 6.07) is 8.67. The molecule has 19 heavy (non-hydrogen) atoms. The normalized spacial score (nSPS) is 11.6. The Balaban J connectivity index is 2.56. The minimum Gasteiger partial charge on any atom is -0.284 e. The quantitative estimate of drug-likeness (QED) is 0.817. The Morgan fingerprint density at radius 1 is 1.16 bits per heavy atom. The smallest absolute Gasteiger partial charge is 0.284 e. The lowest BCUT2D eigenvalue weighted by molar-refractivity contribution is -0.137. The van der Waals surface area contributed by atoms with Crippen LogP contribution in [0.15, 0.2) is 47.4 Å². The van der Waals surface area contributed by atoms with E-state index in [1.165, 1.54) is 10.8 Å². The van der Waals surface area contributed by atoms with Crippen molar-refractivity contribution in [1.82, 2.24) is 4.57 Å². The average molecular weight is 267 g/mol. The first-order chi connectivity index (χ1) is 8.93. The Kier molecular flexibility index (Phi) is 3.46. The third kappa shape index (κ3) is 2.70. The molecule has 0 amide bonds. The van der Waals surface area contributed by atoms with Gasteiger partial charge in [0.25, 0.3) is 5.56 Å². The number of benzene rings is 1. The molecule has 2 aromatic rings. The molecule has 1 aromatic carbocycles. The fourth-order valence-corrected chi connectivity index (χ4v) is 1.90. The van der Waals surface area contributed by atoms with E-state index in [-0.39, 0.29) is 0 Å². The van der Waals surface area contributed by atoms with Crippen LogP contribution in [-0.2, 0) is 12.6 Å². The van der Waals surface area contributed by atoms with Crippen LogP contribution >= 0.6 is 0 Å². The van der Waals surface area contributed by atoms with Gasteiger partial charge in [-0.2, -0.15) is 13.2 Å². The molecular weight excluding hydrogens is 255 g/mol. The van der Waals surface area contributed by atoms with Crippen LogP contribution in [0.1, 0.15) is 18.1 Å². The number of halogens is 3. The van der Waals surface area contributed by atoms with Gasteiger partial charge in [-0.1, -0.05) is 25.1 Å². The Hall–Kier alpha value is -2.04. The fraction of sp³-hybridized carbons (Fsp3) is 0.214. The number of alkyl halides is 3. The Labute approximate surface area is 108 Å². The number of pyridine rings is 1. The largest absolute Gasteiger partial charge is 0.416 e. The minimum atomic E-state index is -4.50. The summed E-state index contributed by atoms with van der Waals surface area (Å²) in [7, 11) is 0. The van der Waals surface area contributed by atoms with Gasteiger partial charge in [-0.05, 0) is 24.1 Å². The molecule has 0 N–H and O–H groups in total. The van der Waals surface area contributed by atoms with Gasteiger partial charge in [0.15, 0.2) is 0 Å². The Morgan fingerprint density at radius 3 is 2.42 bits per heavy atom. The summed E-state index contributed by atoms with van der Waals surface area (Å²) in [4.78, 5) is 11.8. The highest BCUT2D eigenvalue weighted by molar-refractivity contribution is 5.41. The van der Waals surface area contributed by atoms with Crippen molar-refractivity contribution in [3.63, 3.8) is 0 Å². The van der Waals surface area contributed by atoms with Gasteiger partial charge in [0.2, 0.25) is 0 Å². The fourth-order valence-electron chi connectivity index (χ4n) is 1.90. The monoisotopic (exact) mass is 267 g/mol. The number of aryl methyl sites for hydroxylation is 1. The van der Waals surface area contributed by atoms with Crippen LogP contribution in [0.2, 0.25) is 0 Å². The van der Waals surface area contributed by atoms with Crippen LogP contribution in [0.25, 0.3) is 5.69 Å². The van der Waals surface area contributed by atoms with Crippen molar-refractivity contribution in [2.45, 2.75) is 19.5 Å². The molecule has 0 fully saturated rings. The van der Waals surface area contributed by atoms with Gasteiger partial charge < -0.3 is 0 Å². The zero-order chi connectivity index (χ0) is 14.0. The molecular formula is C14H12F3NO. The van der Waals surface area contributed by atoms with Crippen molar-refractivity contribution in [2.75, 3.05) is 0 Å². The molecule has 0 atom stereocenters. The summed E-state index contributed by atoms with van der Waals surface area (Å²) < 4.78 is 38.7. The summed E-state index contributed by atoms with van der Waals surface area (Å²) in [6.45, 7) is 1.92. The van der Waals surface area contributed by atoms with E-state index in [2.05, 4.69) is 0 Å². The minimum absolute atomic E-state index is 0.615. The molecule has 0 aliphatic carbocycles. The van der Waals surface area contributed by atoms with E-state index < -0.39 is 17.3 Å². The van der Waals surface area contributed by atoms with E-state index >= 15 is 0 Å². The van der Waals surface area contributed by atoms with Crippen LogP contribution in [0.5, 0.6) is 0 Å². The van der Waals surface area contributed by atoms with Crippen LogP contribution in [0, 0.1) is 0 Å². The maximum absolute atomic E-state index is 12.5. The molecule has 0 aliphatic rings. The van der Waals surface area contributed by atoms with Gasteiger partial charge in [-0.25, -0.2) is 0 Å². The molecule has 0 unspecified atom stereocenters. The van der Waals surface area contributed by atoms with E-state index in [4.69, 9.17) is 0 Å². The van der Waals surface area contributed by atoms with Gasteiger partial charge in [0.05, 0.1) is 11.3 Å². The zero-order valence-electron chi connectivity index (χ0n) is 10.2. The maximum atomic E-state index is 12.5. The molecule has 100 valence electrons. The van der Waals surface area contributed by atoms with Crippen molar-refractivity contribution in [3.05, 3.63) is 64.1 Å². The second kappa shape index (κ2) is 4.91. The van der Waals surface area contributed by atoms with Crippen molar-refractivity contribution < 1.29 is 13.2 Å². The first-order valence-corrected chi connectivity index (χ1v) is 5.81. The Bertz CT molecular complexity index is 644. The standard InChI is InChI=1S/C14H12F3NO/c1-2-10-5-3-4-6-12(10)18-8-7-11(9-13(18)19)14(15,16)17/h3-9H,2H2,1H3. The highest BCUT2D eigenvalue weighted by Crippen LogP contribution is 2.28. The SMILES string of the molecule is CCc1ccccc1-n1ccc(C(F)(F)F)cc1=O. The predicted octanol–water partition coefficient (Wildman–Crippen LogP) is 3.42. The third-order valence-electron chi connectivity index (χ3n) is 2.88. The van der Waals surface area contributed by atoms with Crippen LogP contribution in [0.3, 0.4) is 0 Å². The van der Waals surface area contributed by atoms with E-state index in [0.29, 0.717) is 18.2 Å². The van der Waals surface area contributed by atoms with Crippen LogP contribution in [0.4, 0.5) is 13.2 Å². The number of hydrogen-bond acceptors (Lipinski definition) is 1. The summed E-state index contributed by atoms with van der Waals surface area (Å²) in [5.74, 6) is 0. The summed E-state index contributed by atoms with van der Waals surface area (Å²) in [5.41, 5.74) is -0.0912. The zero-order valence-corrected chi connectivity index (χ0v) is 10.2. The molecule has 0 bridgehead atoms. The first-order valence-electron chi connectivity index (χ1n) is 5.81.